The third-order valence-electron chi connectivity index (χ3n) is 4.01. The number of hydrogen-bond acceptors (Lipinski definition) is 2. The molecule has 3 unspecified atom stereocenters. The van der Waals surface area contributed by atoms with Crippen LogP contribution < -0.4 is 0 Å². The number of hydrogen-bond donors (Lipinski definition) is 0. The quantitative estimate of drug-likeness (QED) is 0.734. The molecule has 0 spiro atoms. The molecule has 2 aliphatic heterocycles. The van der Waals surface area contributed by atoms with Crippen molar-refractivity contribution in [2.45, 2.75) is 64.6 Å². The Balaban J connectivity index is 1.60. The molecule has 2 nitrogen and oxygen atoms in total. The Morgan fingerprint density at radius 1 is 0.750 bits per heavy atom. The zero-order valence-corrected chi connectivity index (χ0v) is 10.8. The molecule has 0 radical (unpaired) electrons. The molecule has 2 aliphatic rings. The Bertz CT molecular complexity index is 167. The molecule has 16 heavy (non-hydrogen) atoms. The van der Waals surface area contributed by atoms with Gasteiger partial charge in [-0.1, -0.05) is 13.8 Å². The zero-order chi connectivity index (χ0) is 11.4. The molecule has 0 aromatic carbocycles. The van der Waals surface area contributed by atoms with Gasteiger partial charge >= 0.3 is 0 Å². The highest BCUT2D eigenvalue weighted by Crippen LogP contribution is 2.25. The van der Waals surface area contributed by atoms with Gasteiger partial charge in [-0.25, -0.2) is 0 Å². The van der Waals surface area contributed by atoms with Crippen molar-refractivity contribution in [2.24, 2.45) is 11.8 Å². The lowest BCUT2D eigenvalue weighted by Gasteiger charge is -2.30. The molecular weight excluding hydrogens is 200 g/mol. The van der Waals surface area contributed by atoms with Gasteiger partial charge in [0.05, 0.1) is 12.2 Å². The van der Waals surface area contributed by atoms with Crippen LogP contribution in [0.15, 0.2) is 0 Å². The summed E-state index contributed by atoms with van der Waals surface area (Å²) in [5.41, 5.74) is 0. The zero-order valence-electron chi connectivity index (χ0n) is 10.8. The van der Waals surface area contributed by atoms with Gasteiger partial charge in [-0.2, -0.15) is 0 Å². The normalized spacial score (nSPS) is 40.9. The van der Waals surface area contributed by atoms with Crippen molar-refractivity contribution < 1.29 is 9.47 Å². The number of ether oxygens (including phenoxy) is 2. The van der Waals surface area contributed by atoms with Crippen LogP contribution >= 0.6 is 0 Å². The lowest BCUT2D eigenvalue weighted by Crippen LogP contribution is -2.28. The van der Waals surface area contributed by atoms with Crippen molar-refractivity contribution in [3.05, 3.63) is 0 Å². The molecule has 0 aromatic rings. The summed E-state index contributed by atoms with van der Waals surface area (Å²) in [4.78, 5) is 0. The molecule has 0 aromatic heterocycles. The molecule has 4 atom stereocenters. The van der Waals surface area contributed by atoms with Gasteiger partial charge in [-0.05, 0) is 50.4 Å². The average Bonchev–Trinajstić information content (AvgIpc) is 2.30. The predicted molar refractivity (Wildman–Crippen MR) is 65.5 cm³/mol. The fourth-order valence-electron chi connectivity index (χ4n) is 2.70. The fraction of sp³-hybridized carbons (Fsp3) is 1.00. The van der Waals surface area contributed by atoms with Gasteiger partial charge < -0.3 is 9.47 Å². The van der Waals surface area contributed by atoms with E-state index in [0.29, 0.717) is 12.2 Å². The lowest BCUT2D eigenvalue weighted by atomic mass is 9.94. The van der Waals surface area contributed by atoms with E-state index in [1.54, 1.807) is 0 Å². The van der Waals surface area contributed by atoms with E-state index in [2.05, 4.69) is 13.8 Å². The van der Waals surface area contributed by atoms with Crippen molar-refractivity contribution in [2.75, 3.05) is 13.2 Å². The van der Waals surface area contributed by atoms with Crippen LogP contribution in [0.1, 0.15) is 52.4 Å². The summed E-state index contributed by atoms with van der Waals surface area (Å²) >= 11 is 0. The summed E-state index contributed by atoms with van der Waals surface area (Å²) in [6.45, 7) is 6.49. The topological polar surface area (TPSA) is 18.5 Å². The average molecular weight is 226 g/mol. The molecule has 0 saturated carbocycles. The van der Waals surface area contributed by atoms with Crippen molar-refractivity contribution in [1.82, 2.24) is 0 Å². The second-order valence-electron chi connectivity index (χ2n) is 5.85. The summed E-state index contributed by atoms with van der Waals surface area (Å²) < 4.78 is 11.7. The van der Waals surface area contributed by atoms with Crippen LogP contribution in [0.5, 0.6) is 0 Å². The third-order valence-corrected chi connectivity index (χ3v) is 4.01. The maximum Gasteiger partial charge on any atom is 0.0576 e. The van der Waals surface area contributed by atoms with E-state index < -0.39 is 0 Å². The van der Waals surface area contributed by atoms with E-state index in [1.165, 1.54) is 38.5 Å². The van der Waals surface area contributed by atoms with Crippen LogP contribution in [-0.4, -0.2) is 25.4 Å². The smallest absolute Gasteiger partial charge is 0.0576 e. The standard InChI is InChI=1S/C14H26O2/c1-11-3-5-13(15-9-11)7-8-14-6-4-12(2)10-16-14/h11-14H,3-10H2,1-2H3/t11?,12?,13-,14?/m0/s1. The molecule has 2 heterocycles. The van der Waals surface area contributed by atoms with Gasteiger partial charge in [0.25, 0.3) is 0 Å². The minimum Gasteiger partial charge on any atom is -0.378 e. The van der Waals surface area contributed by atoms with E-state index >= 15 is 0 Å². The van der Waals surface area contributed by atoms with E-state index in [-0.39, 0.29) is 0 Å². The number of rotatable bonds is 3. The van der Waals surface area contributed by atoms with E-state index in [0.717, 1.165) is 25.0 Å². The lowest BCUT2D eigenvalue weighted by molar-refractivity contribution is -0.0452. The highest BCUT2D eigenvalue weighted by atomic mass is 16.5. The molecule has 2 heteroatoms. The molecule has 0 bridgehead atoms. The molecule has 94 valence electrons. The first-order valence-corrected chi connectivity index (χ1v) is 6.97. The van der Waals surface area contributed by atoms with Crippen LogP contribution in [-0.2, 0) is 9.47 Å². The van der Waals surface area contributed by atoms with Crippen LogP contribution in [0, 0.1) is 11.8 Å². The Morgan fingerprint density at radius 2 is 1.19 bits per heavy atom. The van der Waals surface area contributed by atoms with E-state index in [1.807, 2.05) is 0 Å². The van der Waals surface area contributed by atoms with E-state index in [4.69, 9.17) is 9.47 Å². The van der Waals surface area contributed by atoms with Crippen molar-refractivity contribution >= 4 is 0 Å². The molecule has 0 N–H and O–H groups in total. The minimum absolute atomic E-state index is 0.513. The summed E-state index contributed by atoms with van der Waals surface area (Å²) in [6.07, 6.45) is 8.62. The summed E-state index contributed by atoms with van der Waals surface area (Å²) in [6, 6.07) is 0. The Hall–Kier alpha value is -0.0800. The van der Waals surface area contributed by atoms with Crippen molar-refractivity contribution in [1.29, 1.82) is 0 Å². The molecule has 2 fully saturated rings. The summed E-state index contributed by atoms with van der Waals surface area (Å²) in [5, 5.41) is 0. The second kappa shape index (κ2) is 6.02. The summed E-state index contributed by atoms with van der Waals surface area (Å²) in [7, 11) is 0. The highest BCUT2D eigenvalue weighted by molar-refractivity contribution is 4.72. The van der Waals surface area contributed by atoms with Crippen LogP contribution in [0.4, 0.5) is 0 Å². The van der Waals surface area contributed by atoms with Gasteiger partial charge in [-0.15, -0.1) is 0 Å². The first-order valence-electron chi connectivity index (χ1n) is 6.97. The minimum atomic E-state index is 0.513. The maximum absolute atomic E-state index is 5.85. The molecule has 0 aliphatic carbocycles. The predicted octanol–water partition coefficient (Wildman–Crippen LogP) is 3.40. The molecule has 2 saturated heterocycles. The van der Waals surface area contributed by atoms with Gasteiger partial charge in [0.15, 0.2) is 0 Å². The first-order chi connectivity index (χ1) is 7.74. The fourth-order valence-corrected chi connectivity index (χ4v) is 2.70. The van der Waals surface area contributed by atoms with Crippen LogP contribution in [0.3, 0.4) is 0 Å². The van der Waals surface area contributed by atoms with Crippen LogP contribution in [0.2, 0.25) is 0 Å². The van der Waals surface area contributed by atoms with Gasteiger partial charge in [0, 0.05) is 13.2 Å². The maximum atomic E-state index is 5.85. The summed E-state index contributed by atoms with van der Waals surface area (Å²) in [5.74, 6) is 1.53. The Labute approximate surface area is 99.7 Å². The van der Waals surface area contributed by atoms with Crippen molar-refractivity contribution in [3.63, 3.8) is 0 Å². The van der Waals surface area contributed by atoms with E-state index in [9.17, 15) is 0 Å². The second-order valence-corrected chi connectivity index (χ2v) is 5.85. The molecular formula is C14H26O2. The highest BCUT2D eigenvalue weighted by Gasteiger charge is 2.22. The largest absolute Gasteiger partial charge is 0.378 e. The Kier molecular flexibility index (Phi) is 4.66. The molecule has 2 rings (SSSR count). The Morgan fingerprint density at radius 3 is 1.50 bits per heavy atom. The SMILES string of the molecule is CC1CCC(CC[C@@H]2CCC(C)CO2)OC1. The third kappa shape index (κ3) is 3.74. The van der Waals surface area contributed by atoms with Gasteiger partial charge in [-0.3, -0.25) is 0 Å². The first kappa shape index (κ1) is 12.4. The molecule has 0 amide bonds. The van der Waals surface area contributed by atoms with Crippen LogP contribution in [0.25, 0.3) is 0 Å². The van der Waals surface area contributed by atoms with Gasteiger partial charge in [0.2, 0.25) is 0 Å². The van der Waals surface area contributed by atoms with Crippen molar-refractivity contribution in [3.8, 4) is 0 Å². The monoisotopic (exact) mass is 226 g/mol. The van der Waals surface area contributed by atoms with Gasteiger partial charge in [0.1, 0.15) is 0 Å².